The molecule has 0 aromatic carbocycles. The van der Waals surface area contributed by atoms with E-state index in [1.54, 1.807) is 11.3 Å². The molecule has 2 atom stereocenters. The third kappa shape index (κ3) is 4.91. The van der Waals surface area contributed by atoms with E-state index in [4.69, 9.17) is 0 Å². The summed E-state index contributed by atoms with van der Waals surface area (Å²) in [6, 6.07) is 4.38. The minimum absolute atomic E-state index is 0.206. The second kappa shape index (κ2) is 8.42. The Labute approximate surface area is 126 Å². The summed E-state index contributed by atoms with van der Waals surface area (Å²) in [7, 11) is 0. The van der Waals surface area contributed by atoms with Crippen molar-refractivity contribution in [1.29, 1.82) is 0 Å². The molecule has 1 amide bonds. The van der Waals surface area contributed by atoms with Gasteiger partial charge < -0.3 is 10.6 Å². The third-order valence-electron chi connectivity index (χ3n) is 3.98. The van der Waals surface area contributed by atoms with Gasteiger partial charge in [0.2, 0.25) is 5.91 Å². The van der Waals surface area contributed by atoms with Crippen molar-refractivity contribution in [3.63, 3.8) is 0 Å². The minimum atomic E-state index is 0.206. The smallest absolute Gasteiger partial charge is 0.220 e. The fourth-order valence-electron chi connectivity index (χ4n) is 2.84. The van der Waals surface area contributed by atoms with Gasteiger partial charge in [0.15, 0.2) is 0 Å². The van der Waals surface area contributed by atoms with E-state index in [0.717, 1.165) is 32.4 Å². The number of carbonyl (C=O) groups is 1. The lowest BCUT2D eigenvalue weighted by atomic mass is 9.94. The molecule has 112 valence electrons. The molecule has 0 aliphatic carbocycles. The van der Waals surface area contributed by atoms with Crippen molar-refractivity contribution in [1.82, 2.24) is 10.6 Å². The van der Waals surface area contributed by atoms with Gasteiger partial charge in [0.05, 0.1) is 6.04 Å². The molecule has 2 heterocycles. The maximum atomic E-state index is 12.1. The number of thiophene rings is 1. The molecule has 2 rings (SSSR count). The predicted octanol–water partition coefficient (Wildman–Crippen LogP) is 3.49. The zero-order chi connectivity index (χ0) is 14.2. The highest BCUT2D eigenvalue weighted by atomic mass is 32.1. The summed E-state index contributed by atoms with van der Waals surface area (Å²) in [6.07, 6.45) is 6.32. The normalized spacial score (nSPS) is 20.6. The summed E-state index contributed by atoms with van der Waals surface area (Å²) in [5.74, 6) is 0.892. The van der Waals surface area contributed by atoms with Crippen LogP contribution in [-0.2, 0) is 4.79 Å². The molecule has 0 spiro atoms. The molecule has 0 radical (unpaired) electrons. The highest BCUT2D eigenvalue weighted by Crippen LogP contribution is 2.23. The Hall–Kier alpha value is -0.870. The number of piperidine rings is 1. The molecule has 1 aromatic rings. The van der Waals surface area contributed by atoms with Crippen LogP contribution >= 0.6 is 11.3 Å². The minimum Gasteiger partial charge on any atom is -0.348 e. The van der Waals surface area contributed by atoms with Crippen molar-refractivity contribution < 1.29 is 4.79 Å². The number of amides is 1. The number of nitrogens with one attached hydrogen (secondary N) is 2. The maximum absolute atomic E-state index is 12.1. The number of hydrogen-bond donors (Lipinski definition) is 2. The zero-order valence-corrected chi connectivity index (χ0v) is 13.2. The fourth-order valence-corrected chi connectivity index (χ4v) is 3.65. The Kier molecular flexibility index (Phi) is 6.54. The van der Waals surface area contributed by atoms with Gasteiger partial charge in [-0.1, -0.05) is 19.4 Å². The van der Waals surface area contributed by atoms with Crippen LogP contribution in [0, 0.1) is 5.92 Å². The molecular weight excluding hydrogens is 268 g/mol. The van der Waals surface area contributed by atoms with E-state index in [0.29, 0.717) is 12.3 Å². The topological polar surface area (TPSA) is 41.1 Å². The largest absolute Gasteiger partial charge is 0.348 e. The van der Waals surface area contributed by atoms with Gasteiger partial charge in [-0.3, -0.25) is 4.79 Å². The van der Waals surface area contributed by atoms with Crippen LogP contribution in [0.2, 0.25) is 0 Å². The van der Waals surface area contributed by atoms with Crippen molar-refractivity contribution >= 4 is 17.2 Å². The monoisotopic (exact) mass is 294 g/mol. The van der Waals surface area contributed by atoms with Crippen LogP contribution < -0.4 is 10.6 Å². The average molecular weight is 294 g/mol. The highest BCUT2D eigenvalue weighted by molar-refractivity contribution is 7.10. The Balaban J connectivity index is 1.76. The lowest BCUT2D eigenvalue weighted by molar-refractivity contribution is -0.122. The van der Waals surface area contributed by atoms with Gasteiger partial charge in [-0.05, 0) is 56.1 Å². The van der Waals surface area contributed by atoms with Crippen LogP contribution in [-0.4, -0.2) is 19.0 Å². The zero-order valence-electron chi connectivity index (χ0n) is 12.4. The van der Waals surface area contributed by atoms with Gasteiger partial charge in [0.25, 0.3) is 0 Å². The molecule has 0 bridgehead atoms. The summed E-state index contributed by atoms with van der Waals surface area (Å²) in [4.78, 5) is 13.4. The van der Waals surface area contributed by atoms with E-state index >= 15 is 0 Å². The summed E-state index contributed by atoms with van der Waals surface area (Å²) >= 11 is 1.73. The second-order valence-electron chi connectivity index (χ2n) is 5.68. The van der Waals surface area contributed by atoms with E-state index in [2.05, 4.69) is 35.1 Å². The number of rotatable bonds is 7. The van der Waals surface area contributed by atoms with Gasteiger partial charge in [0, 0.05) is 11.3 Å². The molecule has 20 heavy (non-hydrogen) atoms. The second-order valence-corrected chi connectivity index (χ2v) is 6.65. The molecule has 1 fully saturated rings. The Bertz CT molecular complexity index is 385. The molecule has 4 heteroatoms. The summed E-state index contributed by atoms with van der Waals surface area (Å²) < 4.78 is 0. The van der Waals surface area contributed by atoms with Crippen LogP contribution in [0.25, 0.3) is 0 Å². The third-order valence-corrected chi connectivity index (χ3v) is 4.96. The molecule has 1 saturated heterocycles. The van der Waals surface area contributed by atoms with Gasteiger partial charge in [-0.25, -0.2) is 0 Å². The molecule has 2 N–H and O–H groups in total. The first-order valence-electron chi connectivity index (χ1n) is 7.83. The van der Waals surface area contributed by atoms with E-state index in [-0.39, 0.29) is 11.9 Å². The Morgan fingerprint density at radius 1 is 1.60 bits per heavy atom. The first kappa shape index (κ1) is 15.5. The summed E-state index contributed by atoms with van der Waals surface area (Å²) in [5.41, 5.74) is 0. The maximum Gasteiger partial charge on any atom is 0.220 e. The SMILES string of the molecule is CCCC(NC(=O)CCC1CCCNC1)c1cccs1. The highest BCUT2D eigenvalue weighted by Gasteiger charge is 2.17. The first-order chi connectivity index (χ1) is 9.79. The van der Waals surface area contributed by atoms with Crippen LogP contribution in [0.4, 0.5) is 0 Å². The van der Waals surface area contributed by atoms with E-state index in [1.807, 2.05) is 0 Å². The molecule has 2 unspecified atom stereocenters. The lowest BCUT2D eigenvalue weighted by Crippen LogP contribution is -2.32. The van der Waals surface area contributed by atoms with Gasteiger partial charge >= 0.3 is 0 Å². The molecule has 0 saturated carbocycles. The standard InChI is InChI=1S/C16H26N2OS/c1-2-5-14(15-7-4-11-20-15)18-16(19)9-8-13-6-3-10-17-12-13/h4,7,11,13-14,17H,2-3,5-6,8-10,12H2,1H3,(H,18,19). The first-order valence-corrected chi connectivity index (χ1v) is 8.71. The molecule has 1 aliphatic rings. The van der Waals surface area contributed by atoms with E-state index < -0.39 is 0 Å². The van der Waals surface area contributed by atoms with Gasteiger partial charge in [-0.2, -0.15) is 0 Å². The van der Waals surface area contributed by atoms with Crippen molar-refractivity contribution in [2.24, 2.45) is 5.92 Å². The lowest BCUT2D eigenvalue weighted by Gasteiger charge is -2.23. The molecule has 3 nitrogen and oxygen atoms in total. The van der Waals surface area contributed by atoms with Gasteiger partial charge in [-0.15, -0.1) is 11.3 Å². The Morgan fingerprint density at radius 2 is 2.50 bits per heavy atom. The van der Waals surface area contributed by atoms with Crippen LogP contribution in [0.15, 0.2) is 17.5 Å². The van der Waals surface area contributed by atoms with Gasteiger partial charge in [0.1, 0.15) is 0 Å². The van der Waals surface area contributed by atoms with Crippen molar-refractivity contribution in [3.05, 3.63) is 22.4 Å². The molecule has 1 aromatic heterocycles. The molecule has 1 aliphatic heterocycles. The van der Waals surface area contributed by atoms with Crippen LogP contribution in [0.1, 0.15) is 56.4 Å². The van der Waals surface area contributed by atoms with E-state index in [1.165, 1.54) is 17.7 Å². The average Bonchev–Trinajstić information content (AvgIpc) is 3.00. The van der Waals surface area contributed by atoms with Crippen molar-refractivity contribution in [3.8, 4) is 0 Å². The summed E-state index contributed by atoms with van der Waals surface area (Å²) in [5, 5.41) is 8.70. The van der Waals surface area contributed by atoms with Crippen molar-refractivity contribution in [2.45, 2.75) is 51.5 Å². The van der Waals surface area contributed by atoms with Crippen LogP contribution in [0.5, 0.6) is 0 Å². The Morgan fingerprint density at radius 3 is 3.15 bits per heavy atom. The number of carbonyl (C=O) groups excluding carboxylic acids is 1. The van der Waals surface area contributed by atoms with Crippen molar-refractivity contribution in [2.75, 3.05) is 13.1 Å². The van der Waals surface area contributed by atoms with Crippen LogP contribution in [0.3, 0.4) is 0 Å². The number of hydrogen-bond acceptors (Lipinski definition) is 3. The predicted molar refractivity (Wildman–Crippen MR) is 84.9 cm³/mol. The molecular formula is C16H26N2OS. The summed E-state index contributed by atoms with van der Waals surface area (Å²) in [6.45, 7) is 4.39. The quantitative estimate of drug-likeness (QED) is 0.808. The van der Waals surface area contributed by atoms with E-state index in [9.17, 15) is 4.79 Å². The fraction of sp³-hybridized carbons (Fsp3) is 0.688.